The topological polar surface area (TPSA) is 76.7 Å². The predicted molar refractivity (Wildman–Crippen MR) is 68.3 cm³/mol. The minimum absolute atomic E-state index is 0.0330. The third-order valence-electron chi connectivity index (χ3n) is 2.90. The van der Waals surface area contributed by atoms with E-state index in [0.717, 1.165) is 6.92 Å². The summed E-state index contributed by atoms with van der Waals surface area (Å²) in [6, 6.07) is -0.0330. The quantitative estimate of drug-likeness (QED) is 0.652. The highest BCUT2D eigenvalue weighted by Crippen LogP contribution is 2.33. The number of nitrogen functional groups attached to an aromatic ring is 1. The van der Waals surface area contributed by atoms with Crippen LogP contribution in [0.5, 0.6) is 0 Å². The smallest absolute Gasteiger partial charge is 0.368 e. The Kier molecular flexibility index (Phi) is 4.49. The number of nitrogens with one attached hydrogen (secondary N) is 1. The molecule has 0 fully saturated rings. The van der Waals surface area contributed by atoms with Gasteiger partial charge in [0.2, 0.25) is 11.9 Å². The van der Waals surface area contributed by atoms with Crippen LogP contribution in [0.1, 0.15) is 18.7 Å². The lowest BCUT2D eigenvalue weighted by Crippen LogP contribution is -2.21. The number of anilines is 3. The molecule has 1 heterocycles. The number of rotatable bonds is 3. The maximum Gasteiger partial charge on any atom is 0.398 e. The lowest BCUT2D eigenvalue weighted by molar-refractivity contribution is -0.147. The number of nitrogens with two attached hydrogens (primary N) is 1. The molecule has 0 saturated carbocycles. The Morgan fingerprint density at radius 2 is 1.54 bits per heavy atom. The van der Waals surface area contributed by atoms with E-state index in [2.05, 4.69) is 15.0 Å². The first-order valence-corrected chi connectivity index (χ1v) is 6.19. The molecule has 0 spiro atoms. The summed E-state index contributed by atoms with van der Waals surface area (Å²) >= 11 is 0. The van der Waals surface area contributed by atoms with E-state index in [1.807, 2.05) is 0 Å². The molecule has 0 radical (unpaired) electrons. The molecule has 0 amide bonds. The van der Waals surface area contributed by atoms with Crippen molar-refractivity contribution in [2.45, 2.75) is 19.0 Å². The zero-order valence-corrected chi connectivity index (χ0v) is 11.7. The van der Waals surface area contributed by atoms with Crippen LogP contribution in [0, 0.1) is 23.3 Å². The second-order valence-electron chi connectivity index (χ2n) is 4.61. The molecule has 3 N–H and O–H groups in total. The van der Waals surface area contributed by atoms with Gasteiger partial charge in [0.25, 0.3) is 0 Å². The molecule has 1 aromatic carbocycles. The number of hydrogen-bond acceptors (Lipinski definition) is 5. The van der Waals surface area contributed by atoms with Gasteiger partial charge in [-0.15, -0.1) is 0 Å². The van der Waals surface area contributed by atoms with Crippen LogP contribution in [-0.4, -0.2) is 21.1 Å². The van der Waals surface area contributed by atoms with E-state index in [-0.39, 0.29) is 6.07 Å². The van der Waals surface area contributed by atoms with E-state index in [1.165, 1.54) is 0 Å². The summed E-state index contributed by atoms with van der Waals surface area (Å²) in [5.74, 6) is -11.5. The predicted octanol–water partition coefficient (Wildman–Crippen LogP) is 3.42. The van der Waals surface area contributed by atoms with Crippen molar-refractivity contribution in [3.63, 3.8) is 0 Å². The van der Waals surface area contributed by atoms with Crippen LogP contribution < -0.4 is 11.1 Å². The molecule has 0 saturated heterocycles. The minimum Gasteiger partial charge on any atom is -0.368 e. The van der Waals surface area contributed by atoms with Crippen LogP contribution in [0.25, 0.3) is 0 Å². The van der Waals surface area contributed by atoms with Gasteiger partial charge in [-0.05, 0) is 6.92 Å². The van der Waals surface area contributed by atoms with Gasteiger partial charge in [0.05, 0.1) is 0 Å². The molecule has 5 nitrogen and oxygen atoms in total. The Hall–Kier alpha value is -2.66. The summed E-state index contributed by atoms with van der Waals surface area (Å²) in [5, 5.41) is 1.77. The fourth-order valence-electron chi connectivity index (χ4n) is 1.60. The van der Waals surface area contributed by atoms with Crippen molar-refractivity contribution in [1.82, 2.24) is 15.0 Å². The van der Waals surface area contributed by atoms with Crippen molar-refractivity contribution in [2.75, 3.05) is 11.1 Å². The Labute approximate surface area is 129 Å². The van der Waals surface area contributed by atoms with E-state index in [1.54, 1.807) is 5.32 Å². The molecule has 0 bridgehead atoms. The minimum atomic E-state index is -4.72. The number of hydrogen-bond donors (Lipinski definition) is 2. The third-order valence-corrected chi connectivity index (χ3v) is 2.90. The molecule has 24 heavy (non-hydrogen) atoms. The first-order valence-electron chi connectivity index (χ1n) is 6.19. The Morgan fingerprint density at radius 3 is 2.04 bits per heavy atom. The Balaban J connectivity index is 2.47. The molecule has 1 unspecified atom stereocenters. The van der Waals surface area contributed by atoms with Crippen molar-refractivity contribution in [3.05, 3.63) is 35.2 Å². The number of benzene rings is 1. The molecule has 2 rings (SSSR count). The molecule has 12 heteroatoms. The first-order chi connectivity index (χ1) is 11.0. The maximum atomic E-state index is 13.6. The number of aromatic nitrogens is 3. The molecule has 0 aliphatic rings. The molecular formula is C12H8F7N5. The van der Waals surface area contributed by atoms with Gasteiger partial charge < -0.3 is 11.1 Å². The number of nitrogens with zero attached hydrogens (tertiary/aromatic N) is 3. The lowest BCUT2D eigenvalue weighted by atomic mass is 10.1. The van der Waals surface area contributed by atoms with Crippen LogP contribution in [0.3, 0.4) is 0 Å². The lowest BCUT2D eigenvalue weighted by Gasteiger charge is -2.15. The van der Waals surface area contributed by atoms with Gasteiger partial charge in [-0.3, -0.25) is 0 Å². The van der Waals surface area contributed by atoms with E-state index < -0.39 is 58.8 Å². The highest BCUT2D eigenvalue weighted by Gasteiger charge is 2.39. The van der Waals surface area contributed by atoms with Crippen LogP contribution in [-0.2, 0) is 0 Å². The van der Waals surface area contributed by atoms with Gasteiger partial charge in [-0.2, -0.15) is 28.1 Å². The SMILES string of the molecule is CC(c1nc(N)nc(Nc2c(F)c(F)cc(F)c2F)n1)C(F)(F)F. The molecule has 0 aliphatic carbocycles. The van der Waals surface area contributed by atoms with E-state index >= 15 is 0 Å². The molecule has 0 aliphatic heterocycles. The van der Waals surface area contributed by atoms with Crippen LogP contribution >= 0.6 is 0 Å². The summed E-state index contributed by atoms with van der Waals surface area (Å²) in [5.41, 5.74) is 3.91. The van der Waals surface area contributed by atoms with E-state index in [4.69, 9.17) is 5.73 Å². The van der Waals surface area contributed by atoms with Gasteiger partial charge in [0.15, 0.2) is 23.3 Å². The highest BCUT2D eigenvalue weighted by molar-refractivity contribution is 5.56. The van der Waals surface area contributed by atoms with Crippen molar-refractivity contribution in [1.29, 1.82) is 0 Å². The average Bonchev–Trinajstić information content (AvgIpc) is 2.47. The fraction of sp³-hybridized carbons (Fsp3) is 0.250. The Bertz CT molecular complexity index is 751. The molecule has 1 atom stereocenters. The summed E-state index contributed by atoms with van der Waals surface area (Å²) in [4.78, 5) is 9.94. The number of halogens is 7. The average molecular weight is 355 g/mol. The first kappa shape index (κ1) is 17.7. The Morgan fingerprint density at radius 1 is 1.00 bits per heavy atom. The summed E-state index contributed by atoms with van der Waals surface area (Å²) in [7, 11) is 0. The van der Waals surface area contributed by atoms with Crippen molar-refractivity contribution in [2.24, 2.45) is 0 Å². The zero-order valence-electron chi connectivity index (χ0n) is 11.7. The van der Waals surface area contributed by atoms with Crippen molar-refractivity contribution < 1.29 is 30.7 Å². The van der Waals surface area contributed by atoms with Gasteiger partial charge in [-0.1, -0.05) is 0 Å². The third kappa shape index (κ3) is 3.46. The zero-order chi connectivity index (χ0) is 18.2. The maximum absolute atomic E-state index is 13.6. The standard InChI is InChI=1S/C12H8F7N5/c1-3(12(17,18)19)9-22-10(20)24-11(23-9)21-8-6(15)4(13)2-5(14)7(8)16/h2-3H,1H3,(H3,20,21,22,23,24). The van der Waals surface area contributed by atoms with Gasteiger partial charge in [-0.25, -0.2) is 17.6 Å². The van der Waals surface area contributed by atoms with Crippen molar-refractivity contribution >= 4 is 17.6 Å². The van der Waals surface area contributed by atoms with Gasteiger partial charge >= 0.3 is 6.18 Å². The largest absolute Gasteiger partial charge is 0.398 e. The van der Waals surface area contributed by atoms with Gasteiger partial charge in [0, 0.05) is 6.07 Å². The van der Waals surface area contributed by atoms with Crippen LogP contribution in [0.2, 0.25) is 0 Å². The highest BCUT2D eigenvalue weighted by atomic mass is 19.4. The van der Waals surface area contributed by atoms with Crippen LogP contribution in [0.15, 0.2) is 6.07 Å². The van der Waals surface area contributed by atoms with E-state index in [0.29, 0.717) is 0 Å². The molecule has 2 aromatic rings. The summed E-state index contributed by atoms with van der Waals surface area (Å²) in [6.07, 6.45) is -4.72. The molecule has 130 valence electrons. The summed E-state index contributed by atoms with van der Waals surface area (Å²) in [6.45, 7) is 0.724. The second kappa shape index (κ2) is 6.09. The molecule has 1 aromatic heterocycles. The van der Waals surface area contributed by atoms with E-state index in [9.17, 15) is 30.7 Å². The number of alkyl halides is 3. The van der Waals surface area contributed by atoms with Crippen molar-refractivity contribution in [3.8, 4) is 0 Å². The second-order valence-corrected chi connectivity index (χ2v) is 4.61. The normalized spacial score (nSPS) is 13.0. The van der Waals surface area contributed by atoms with Gasteiger partial charge in [0.1, 0.15) is 17.4 Å². The monoisotopic (exact) mass is 355 g/mol. The molecular weight excluding hydrogens is 347 g/mol. The summed E-state index contributed by atoms with van der Waals surface area (Å²) < 4.78 is 91.4. The van der Waals surface area contributed by atoms with Crippen LogP contribution in [0.4, 0.5) is 48.3 Å². The fourth-order valence-corrected chi connectivity index (χ4v) is 1.60.